The lowest BCUT2D eigenvalue weighted by molar-refractivity contribution is -0.916. The molecule has 2 aromatic rings. The maximum absolute atomic E-state index is 5.90. The van der Waals surface area contributed by atoms with Gasteiger partial charge < -0.3 is 5.32 Å². The molecule has 3 nitrogen and oxygen atoms in total. The molecule has 2 N–H and O–H groups in total. The number of halogens is 1. The second-order valence-corrected chi connectivity index (χ2v) is 6.70. The number of amidine groups is 1. The lowest BCUT2D eigenvalue weighted by Gasteiger charge is -2.23. The summed E-state index contributed by atoms with van der Waals surface area (Å²) in [5.74, 6) is 0.914. The van der Waals surface area contributed by atoms with Crippen LogP contribution in [-0.4, -0.2) is 18.5 Å². The van der Waals surface area contributed by atoms with E-state index in [2.05, 4.69) is 52.8 Å². The van der Waals surface area contributed by atoms with Crippen molar-refractivity contribution in [3.8, 4) is 0 Å². The van der Waals surface area contributed by atoms with Gasteiger partial charge in [0.05, 0.1) is 0 Å². The number of thioether (sulfide) groups is 1. The third-order valence-corrected chi connectivity index (χ3v) is 4.80. The van der Waals surface area contributed by atoms with E-state index >= 15 is 0 Å². The maximum Gasteiger partial charge on any atom is 0.175 e. The van der Waals surface area contributed by atoms with Crippen molar-refractivity contribution in [1.29, 1.82) is 0 Å². The van der Waals surface area contributed by atoms with E-state index in [-0.39, 0.29) is 0 Å². The van der Waals surface area contributed by atoms with Crippen molar-refractivity contribution < 1.29 is 4.90 Å². The fraction of sp³-hybridized carbons (Fsp3) is 0.235. The number of quaternary nitrogens is 1. The minimum absolute atomic E-state index is 0.780. The zero-order valence-corrected chi connectivity index (χ0v) is 13.8. The van der Waals surface area contributed by atoms with Gasteiger partial charge in [0.15, 0.2) is 18.5 Å². The zero-order chi connectivity index (χ0) is 15.2. The number of aliphatic imine (C=N–C) groups is 1. The van der Waals surface area contributed by atoms with Gasteiger partial charge in [-0.05, 0) is 17.7 Å². The van der Waals surface area contributed by atoms with Crippen molar-refractivity contribution in [2.45, 2.75) is 12.3 Å². The Morgan fingerprint density at radius 3 is 2.50 bits per heavy atom. The van der Waals surface area contributed by atoms with Crippen molar-refractivity contribution >= 4 is 28.5 Å². The van der Waals surface area contributed by atoms with Gasteiger partial charge in [-0.3, -0.25) is 4.90 Å². The molecule has 1 atom stereocenters. The van der Waals surface area contributed by atoms with Crippen LogP contribution in [0, 0.1) is 0 Å². The molecule has 0 amide bonds. The Morgan fingerprint density at radius 1 is 1.05 bits per heavy atom. The van der Waals surface area contributed by atoms with E-state index in [1.54, 1.807) is 11.8 Å². The molecule has 22 heavy (non-hydrogen) atoms. The zero-order valence-electron chi connectivity index (χ0n) is 12.3. The predicted molar refractivity (Wildman–Crippen MR) is 94.2 cm³/mol. The van der Waals surface area contributed by atoms with Crippen LogP contribution >= 0.6 is 23.4 Å². The SMILES string of the molecule is Clc1ccc(CSC2=NC[NH+](Cc3ccccc3)CN2)cc1. The molecule has 0 saturated carbocycles. The average Bonchev–Trinajstić information content (AvgIpc) is 2.57. The number of nitrogens with zero attached hydrogens (tertiary/aromatic N) is 1. The van der Waals surface area contributed by atoms with E-state index in [9.17, 15) is 0 Å². The van der Waals surface area contributed by atoms with Gasteiger partial charge in [-0.2, -0.15) is 0 Å². The van der Waals surface area contributed by atoms with Crippen molar-refractivity contribution in [3.05, 3.63) is 70.7 Å². The fourth-order valence-corrected chi connectivity index (χ4v) is 3.28. The van der Waals surface area contributed by atoms with Gasteiger partial charge >= 0.3 is 0 Å². The third kappa shape index (κ3) is 4.50. The Hall–Kier alpha value is -1.49. The average molecular weight is 333 g/mol. The van der Waals surface area contributed by atoms with Crippen molar-refractivity contribution in [2.24, 2.45) is 4.99 Å². The summed E-state index contributed by atoms with van der Waals surface area (Å²) in [5, 5.41) is 5.23. The molecule has 2 aromatic carbocycles. The topological polar surface area (TPSA) is 28.8 Å². The number of hydrogen-bond acceptors (Lipinski definition) is 3. The summed E-state index contributed by atoms with van der Waals surface area (Å²) in [6.07, 6.45) is 0. The lowest BCUT2D eigenvalue weighted by Crippen LogP contribution is -3.13. The van der Waals surface area contributed by atoms with Crippen LogP contribution in [0.5, 0.6) is 0 Å². The van der Waals surface area contributed by atoms with Crippen LogP contribution in [0.3, 0.4) is 0 Å². The molecule has 1 aliphatic rings. The number of benzene rings is 2. The van der Waals surface area contributed by atoms with Crippen molar-refractivity contribution in [1.82, 2.24) is 5.32 Å². The summed E-state index contributed by atoms with van der Waals surface area (Å²) in [6, 6.07) is 18.5. The van der Waals surface area contributed by atoms with E-state index in [0.717, 1.165) is 35.8 Å². The van der Waals surface area contributed by atoms with Gasteiger partial charge in [0, 0.05) is 16.3 Å². The molecular formula is C17H19ClN3S+. The van der Waals surface area contributed by atoms with Crippen LogP contribution in [0.4, 0.5) is 0 Å². The highest BCUT2D eigenvalue weighted by Gasteiger charge is 2.15. The first-order valence-corrected chi connectivity index (χ1v) is 8.69. The van der Waals surface area contributed by atoms with Gasteiger partial charge in [0.2, 0.25) is 0 Å². The van der Waals surface area contributed by atoms with E-state index in [1.807, 2.05) is 12.1 Å². The number of hydrogen-bond donors (Lipinski definition) is 2. The highest BCUT2D eigenvalue weighted by atomic mass is 35.5. The standard InChI is InChI=1S/C17H18ClN3S/c18-16-8-6-15(7-9-16)11-22-17-19-12-21(13-20-17)10-14-4-2-1-3-5-14/h1-9H,10-13H2,(H,19,20)/p+1. The molecule has 0 bridgehead atoms. The quantitative estimate of drug-likeness (QED) is 0.901. The Bertz CT molecular complexity index is 628. The summed E-state index contributed by atoms with van der Waals surface area (Å²) < 4.78 is 0. The first-order chi connectivity index (χ1) is 10.8. The molecule has 114 valence electrons. The maximum atomic E-state index is 5.90. The Morgan fingerprint density at radius 2 is 1.82 bits per heavy atom. The molecule has 0 spiro atoms. The smallest absolute Gasteiger partial charge is 0.175 e. The van der Waals surface area contributed by atoms with Gasteiger partial charge in [0.25, 0.3) is 0 Å². The summed E-state index contributed by atoms with van der Waals surface area (Å²) in [5.41, 5.74) is 2.62. The van der Waals surface area contributed by atoms with Crippen LogP contribution in [-0.2, 0) is 12.3 Å². The Balaban J connectivity index is 1.48. The molecule has 1 aliphatic heterocycles. The molecule has 0 aliphatic carbocycles. The molecule has 0 fully saturated rings. The molecule has 1 unspecified atom stereocenters. The van der Waals surface area contributed by atoms with E-state index in [4.69, 9.17) is 11.6 Å². The normalized spacial score (nSPS) is 17.7. The first-order valence-electron chi connectivity index (χ1n) is 7.32. The van der Waals surface area contributed by atoms with Crippen molar-refractivity contribution in [2.75, 3.05) is 13.3 Å². The predicted octanol–water partition coefficient (Wildman–Crippen LogP) is 2.53. The fourth-order valence-electron chi connectivity index (χ4n) is 2.33. The van der Waals surface area contributed by atoms with E-state index in [0.29, 0.717) is 0 Å². The van der Waals surface area contributed by atoms with Crippen LogP contribution in [0.25, 0.3) is 0 Å². The summed E-state index contributed by atoms with van der Waals surface area (Å²) in [6.45, 7) is 2.75. The van der Waals surface area contributed by atoms with Gasteiger partial charge in [-0.25, -0.2) is 4.99 Å². The number of rotatable bonds is 4. The van der Waals surface area contributed by atoms with Gasteiger partial charge in [-0.15, -0.1) is 0 Å². The molecule has 0 aromatic heterocycles. The van der Waals surface area contributed by atoms with Crippen LogP contribution < -0.4 is 10.2 Å². The van der Waals surface area contributed by atoms with E-state index < -0.39 is 0 Å². The van der Waals surface area contributed by atoms with Crippen LogP contribution in [0.2, 0.25) is 5.02 Å². The molecule has 0 saturated heterocycles. The molecule has 3 rings (SSSR count). The minimum atomic E-state index is 0.780. The Kier molecular flexibility index (Phi) is 5.38. The number of nitrogens with one attached hydrogen (secondary N) is 2. The summed E-state index contributed by atoms with van der Waals surface area (Å²) in [4.78, 5) is 6.08. The third-order valence-electron chi connectivity index (χ3n) is 3.52. The van der Waals surface area contributed by atoms with E-state index in [1.165, 1.54) is 16.0 Å². The largest absolute Gasteiger partial charge is 0.318 e. The lowest BCUT2D eigenvalue weighted by atomic mass is 10.2. The van der Waals surface area contributed by atoms with Crippen LogP contribution in [0.15, 0.2) is 59.6 Å². The second-order valence-electron chi connectivity index (χ2n) is 5.30. The Labute approximate surface area is 140 Å². The van der Waals surface area contributed by atoms with Gasteiger partial charge in [0.1, 0.15) is 6.54 Å². The first kappa shape index (κ1) is 15.4. The van der Waals surface area contributed by atoms with Crippen LogP contribution in [0.1, 0.15) is 11.1 Å². The summed E-state index contributed by atoms with van der Waals surface area (Å²) >= 11 is 7.64. The monoisotopic (exact) mass is 332 g/mol. The molecule has 1 heterocycles. The summed E-state index contributed by atoms with van der Waals surface area (Å²) in [7, 11) is 0. The highest BCUT2D eigenvalue weighted by Crippen LogP contribution is 2.16. The minimum Gasteiger partial charge on any atom is -0.318 e. The van der Waals surface area contributed by atoms with Gasteiger partial charge in [-0.1, -0.05) is 65.8 Å². The second kappa shape index (κ2) is 7.68. The highest BCUT2D eigenvalue weighted by molar-refractivity contribution is 8.13. The molecular weight excluding hydrogens is 314 g/mol. The molecule has 0 radical (unpaired) electrons. The van der Waals surface area contributed by atoms with Crippen molar-refractivity contribution in [3.63, 3.8) is 0 Å². The molecule has 5 heteroatoms.